The van der Waals surface area contributed by atoms with Crippen LogP contribution in [0.4, 0.5) is 0 Å². The lowest BCUT2D eigenvalue weighted by Gasteiger charge is -2.69. The van der Waals surface area contributed by atoms with E-state index in [1.54, 1.807) is 32.0 Å². The number of fused-ring (bicyclic) bond motifs is 5. The first kappa shape index (κ1) is 38.6. The Hall–Kier alpha value is -4.12. The van der Waals surface area contributed by atoms with Crippen molar-refractivity contribution in [2.75, 3.05) is 6.61 Å². The maximum Gasteiger partial charge on any atom is 0.338 e. The normalized spacial score (nSPS) is 36.9. The van der Waals surface area contributed by atoms with Gasteiger partial charge in [-0.2, -0.15) is 0 Å². The third-order valence-corrected chi connectivity index (χ3v) is 12.2. The van der Waals surface area contributed by atoms with Gasteiger partial charge in [-0.15, -0.1) is 0 Å². The minimum atomic E-state index is -2.29. The molecule has 1 aliphatic heterocycles. The van der Waals surface area contributed by atoms with Gasteiger partial charge in [0.05, 0.1) is 36.6 Å². The summed E-state index contributed by atoms with van der Waals surface area (Å²) in [4.78, 5) is 52.6. The van der Waals surface area contributed by atoms with Gasteiger partial charge in [-0.05, 0) is 42.3 Å². The maximum atomic E-state index is 14.0. The molecule has 15 nitrogen and oxygen atoms in total. The topological polar surface area (TPSA) is 232 Å². The van der Waals surface area contributed by atoms with Crippen molar-refractivity contribution in [3.63, 3.8) is 0 Å². The zero-order chi connectivity index (χ0) is 38.8. The Bertz CT molecular complexity index is 1780. The molecule has 15 heteroatoms. The summed E-state index contributed by atoms with van der Waals surface area (Å²) < 4.78 is 29.4. The molecular formula is C38H47NO14. The summed E-state index contributed by atoms with van der Waals surface area (Å²) in [5.74, 6) is -4.78. The minimum absolute atomic E-state index is 0.0386. The summed E-state index contributed by atoms with van der Waals surface area (Å²) in [6.07, 6.45) is -10.4. The van der Waals surface area contributed by atoms with Gasteiger partial charge in [0, 0.05) is 37.5 Å². The number of hydrogen-bond donors (Lipinski definition) is 6. The summed E-state index contributed by atoms with van der Waals surface area (Å²) >= 11 is 0. The lowest BCUT2D eigenvalue weighted by molar-refractivity contribution is -0.365. The number of furan rings is 1. The van der Waals surface area contributed by atoms with Crippen LogP contribution in [0.15, 0.2) is 64.3 Å². The number of carbonyl (C=O) groups excluding carboxylic acids is 4. The highest BCUT2D eigenvalue weighted by atomic mass is 16.6. The van der Waals surface area contributed by atoms with Crippen LogP contribution in [0.2, 0.25) is 0 Å². The van der Waals surface area contributed by atoms with Crippen LogP contribution >= 0.6 is 0 Å². The van der Waals surface area contributed by atoms with E-state index in [1.807, 2.05) is 0 Å². The molecule has 4 aliphatic rings. The van der Waals surface area contributed by atoms with Crippen LogP contribution in [0.1, 0.15) is 76.5 Å². The molecule has 53 heavy (non-hydrogen) atoms. The van der Waals surface area contributed by atoms with E-state index >= 15 is 0 Å². The molecule has 6 rings (SSSR count). The largest absolute Gasteiger partial charge is 0.467 e. The highest BCUT2D eigenvalue weighted by Gasteiger charge is 2.77. The van der Waals surface area contributed by atoms with Crippen molar-refractivity contribution in [2.24, 2.45) is 16.7 Å². The van der Waals surface area contributed by atoms with Gasteiger partial charge in [0.1, 0.15) is 41.8 Å². The van der Waals surface area contributed by atoms with Crippen LogP contribution in [0.3, 0.4) is 0 Å². The van der Waals surface area contributed by atoms with E-state index in [1.165, 1.54) is 58.2 Å². The molecular weight excluding hydrogens is 694 g/mol. The number of aliphatic hydroxyl groups excluding tert-OH is 4. The summed E-state index contributed by atoms with van der Waals surface area (Å²) in [5.41, 5.74) is -6.95. The van der Waals surface area contributed by atoms with Crippen molar-refractivity contribution in [2.45, 2.75) is 114 Å². The van der Waals surface area contributed by atoms with Crippen LogP contribution in [0.25, 0.3) is 0 Å². The zero-order valence-corrected chi connectivity index (χ0v) is 30.3. The van der Waals surface area contributed by atoms with Crippen LogP contribution in [0.5, 0.6) is 0 Å². The Kier molecular flexibility index (Phi) is 9.92. The number of ether oxygens (including phenoxy) is 4. The quantitative estimate of drug-likeness (QED) is 0.127. The molecule has 11 unspecified atom stereocenters. The van der Waals surface area contributed by atoms with E-state index in [-0.39, 0.29) is 35.5 Å². The van der Waals surface area contributed by atoms with E-state index in [0.717, 1.165) is 0 Å². The molecule has 0 radical (unpaired) electrons. The van der Waals surface area contributed by atoms with E-state index in [4.69, 9.17) is 23.4 Å². The highest BCUT2D eigenvalue weighted by Crippen LogP contribution is 2.65. The molecule has 1 amide bonds. The Balaban J connectivity index is 1.52. The predicted molar refractivity (Wildman–Crippen MR) is 181 cm³/mol. The monoisotopic (exact) mass is 741 g/mol. The van der Waals surface area contributed by atoms with Crippen LogP contribution in [0, 0.1) is 16.7 Å². The Morgan fingerprint density at radius 1 is 0.981 bits per heavy atom. The third-order valence-electron chi connectivity index (χ3n) is 12.2. The average Bonchev–Trinajstić information content (AvgIpc) is 3.63. The molecule has 3 fully saturated rings. The van der Waals surface area contributed by atoms with Crippen LogP contribution in [-0.2, 0) is 33.3 Å². The van der Waals surface area contributed by atoms with Crippen molar-refractivity contribution in [3.8, 4) is 0 Å². The van der Waals surface area contributed by atoms with Crippen molar-refractivity contribution < 1.29 is 68.1 Å². The maximum absolute atomic E-state index is 14.0. The second kappa shape index (κ2) is 13.6. The summed E-state index contributed by atoms with van der Waals surface area (Å²) in [6, 6.07) is 9.51. The SMILES string of the molecule is CC(=O)NC(c1ccco1)C(O)C(=O)OC1CC2(O)C(OC(=O)c3ccccc3)C3C4(OC(C)=O)COC4CC(O)[C@@]3(C)C(O)C(O)C(=C1C)C2(C)C. The molecule has 2 bridgehead atoms. The molecule has 1 saturated heterocycles. The first-order valence-corrected chi connectivity index (χ1v) is 17.5. The van der Waals surface area contributed by atoms with Crippen LogP contribution in [-0.4, -0.2) is 110 Å². The standard InChI is InChI=1S/C38H47NO14/c1-18-23(51-34(47)29(44)27(39-19(2)40)22-13-10-14-49-22)16-38(48)32(52-33(46)21-11-8-7-9-12-21)30-36(6,31(45)28(43)26(18)35(38,4)5)24(42)15-25-37(30,17-50-25)53-20(3)41/h7-14,23-25,27-32,42-45,48H,15-17H2,1-6H3,(H,39,40)/t23?,24?,25?,27?,28?,29?,30?,31?,32?,36-,37?,38?/m1/s1. The number of carbonyl (C=O) groups is 4. The number of nitrogens with one attached hydrogen (secondary N) is 1. The Morgan fingerprint density at radius 3 is 2.23 bits per heavy atom. The molecule has 288 valence electrons. The van der Waals surface area contributed by atoms with E-state index in [2.05, 4.69) is 5.32 Å². The molecule has 12 atom stereocenters. The van der Waals surface area contributed by atoms with E-state index < -0.39 is 107 Å². The molecule has 1 aromatic carbocycles. The van der Waals surface area contributed by atoms with Crippen molar-refractivity contribution in [1.29, 1.82) is 0 Å². The van der Waals surface area contributed by atoms with Gasteiger partial charge >= 0.3 is 17.9 Å². The first-order valence-electron chi connectivity index (χ1n) is 17.5. The van der Waals surface area contributed by atoms with E-state index in [0.29, 0.717) is 0 Å². The number of esters is 3. The second-order valence-corrected chi connectivity index (χ2v) is 15.4. The third kappa shape index (κ3) is 5.97. The number of aliphatic hydroxyl groups is 5. The molecule has 1 aromatic heterocycles. The fourth-order valence-electron chi connectivity index (χ4n) is 9.33. The summed E-state index contributed by atoms with van der Waals surface area (Å²) in [7, 11) is 0. The number of benzene rings is 1. The van der Waals surface area contributed by atoms with Crippen molar-refractivity contribution >= 4 is 23.8 Å². The number of amides is 1. The molecule has 2 aromatic rings. The lowest BCUT2D eigenvalue weighted by atomic mass is 9.44. The van der Waals surface area contributed by atoms with Crippen molar-refractivity contribution in [3.05, 3.63) is 71.2 Å². The van der Waals surface area contributed by atoms with Crippen LogP contribution < -0.4 is 5.32 Å². The van der Waals surface area contributed by atoms with Gasteiger partial charge < -0.3 is 54.2 Å². The Labute approximate surface area is 305 Å². The van der Waals surface area contributed by atoms with Gasteiger partial charge in [-0.25, -0.2) is 9.59 Å². The van der Waals surface area contributed by atoms with Gasteiger partial charge in [-0.3, -0.25) is 9.59 Å². The summed E-state index contributed by atoms with van der Waals surface area (Å²) in [5, 5.41) is 63.3. The average molecular weight is 742 g/mol. The Morgan fingerprint density at radius 2 is 1.66 bits per heavy atom. The van der Waals surface area contributed by atoms with Gasteiger partial charge in [0.25, 0.3) is 0 Å². The molecule has 0 spiro atoms. The molecule has 6 N–H and O–H groups in total. The molecule has 2 saturated carbocycles. The van der Waals surface area contributed by atoms with Crippen molar-refractivity contribution in [1.82, 2.24) is 5.32 Å². The predicted octanol–water partition coefficient (Wildman–Crippen LogP) is 1.26. The molecule has 2 heterocycles. The van der Waals surface area contributed by atoms with E-state index in [9.17, 15) is 44.7 Å². The fraction of sp³-hybridized carbons (Fsp3) is 0.579. The highest BCUT2D eigenvalue weighted by molar-refractivity contribution is 5.89. The summed E-state index contributed by atoms with van der Waals surface area (Å²) in [6.45, 7) is 8.30. The number of hydrogen-bond acceptors (Lipinski definition) is 14. The zero-order valence-electron chi connectivity index (χ0n) is 30.3. The smallest absolute Gasteiger partial charge is 0.338 e. The first-order chi connectivity index (χ1) is 24.8. The molecule has 3 aliphatic carbocycles. The fourth-order valence-corrected chi connectivity index (χ4v) is 9.33. The second-order valence-electron chi connectivity index (χ2n) is 15.4. The van der Waals surface area contributed by atoms with Gasteiger partial charge in [0.15, 0.2) is 11.7 Å². The lowest BCUT2D eigenvalue weighted by Crippen LogP contribution is -2.82. The van der Waals surface area contributed by atoms with Gasteiger partial charge in [0.2, 0.25) is 5.91 Å². The minimum Gasteiger partial charge on any atom is -0.467 e. The number of rotatable bonds is 8. The van der Waals surface area contributed by atoms with Gasteiger partial charge in [-0.1, -0.05) is 39.0 Å².